The molecule has 1 aliphatic heterocycles. The monoisotopic (exact) mass is 269 g/mol. The van der Waals surface area contributed by atoms with Gasteiger partial charge in [-0.25, -0.2) is 4.79 Å². The van der Waals surface area contributed by atoms with E-state index in [-0.39, 0.29) is 18.7 Å². The van der Waals surface area contributed by atoms with Crippen LogP contribution in [-0.2, 0) is 4.74 Å². The highest BCUT2D eigenvalue weighted by atomic mass is 16.6. The zero-order valence-corrected chi connectivity index (χ0v) is 12.4. The molecule has 1 saturated heterocycles. The smallest absolute Gasteiger partial charge is 0.410 e. The molecular weight excluding hydrogens is 242 g/mol. The Morgan fingerprint density at radius 2 is 1.89 bits per heavy atom. The van der Waals surface area contributed by atoms with E-state index in [9.17, 15) is 9.90 Å². The van der Waals surface area contributed by atoms with Gasteiger partial charge in [-0.1, -0.05) is 19.3 Å². The molecule has 0 aromatic rings. The number of aliphatic hydroxyl groups excluding tert-OH is 1. The average molecular weight is 269 g/mol. The van der Waals surface area contributed by atoms with Crippen molar-refractivity contribution in [3.05, 3.63) is 0 Å². The fraction of sp³-hybridized carbons (Fsp3) is 0.933. The van der Waals surface area contributed by atoms with Gasteiger partial charge in [0.2, 0.25) is 0 Å². The molecule has 2 fully saturated rings. The maximum Gasteiger partial charge on any atom is 0.410 e. The Morgan fingerprint density at radius 3 is 2.47 bits per heavy atom. The van der Waals surface area contributed by atoms with Crippen molar-refractivity contribution >= 4 is 6.09 Å². The molecule has 1 N–H and O–H groups in total. The van der Waals surface area contributed by atoms with Gasteiger partial charge in [-0.05, 0) is 45.4 Å². The van der Waals surface area contributed by atoms with Crippen molar-refractivity contribution in [1.82, 2.24) is 4.90 Å². The first-order valence-corrected chi connectivity index (χ1v) is 7.51. The zero-order chi connectivity index (χ0) is 14.0. The van der Waals surface area contributed by atoms with Crippen LogP contribution in [0.5, 0.6) is 0 Å². The molecule has 4 heteroatoms. The summed E-state index contributed by atoms with van der Waals surface area (Å²) >= 11 is 0. The van der Waals surface area contributed by atoms with E-state index in [0.717, 1.165) is 13.0 Å². The van der Waals surface area contributed by atoms with E-state index >= 15 is 0 Å². The summed E-state index contributed by atoms with van der Waals surface area (Å²) in [4.78, 5) is 14.0. The molecule has 3 unspecified atom stereocenters. The van der Waals surface area contributed by atoms with Gasteiger partial charge in [0.15, 0.2) is 0 Å². The van der Waals surface area contributed by atoms with Crippen LogP contribution in [0.4, 0.5) is 4.79 Å². The maximum atomic E-state index is 12.3. The number of carbonyl (C=O) groups excluding carboxylic acids is 1. The number of rotatable bonds is 1. The van der Waals surface area contributed by atoms with Crippen molar-refractivity contribution in [3.8, 4) is 0 Å². The molecule has 0 radical (unpaired) electrons. The first-order chi connectivity index (χ1) is 8.90. The van der Waals surface area contributed by atoms with E-state index in [1.165, 1.54) is 25.7 Å². The van der Waals surface area contributed by atoms with Gasteiger partial charge < -0.3 is 14.7 Å². The lowest BCUT2D eigenvalue weighted by atomic mass is 9.73. The van der Waals surface area contributed by atoms with Crippen molar-refractivity contribution in [2.75, 3.05) is 13.2 Å². The zero-order valence-electron chi connectivity index (χ0n) is 12.4. The van der Waals surface area contributed by atoms with Crippen LogP contribution >= 0.6 is 0 Å². The summed E-state index contributed by atoms with van der Waals surface area (Å²) in [6, 6.07) is -0.0609. The number of aliphatic hydroxyl groups is 1. The molecule has 0 aromatic carbocycles. The number of likely N-dealkylation sites (tertiary alicyclic amines) is 1. The average Bonchev–Trinajstić information content (AvgIpc) is 2.35. The summed E-state index contributed by atoms with van der Waals surface area (Å²) in [5.74, 6) is 1.29. The summed E-state index contributed by atoms with van der Waals surface area (Å²) in [5.41, 5.74) is -0.472. The molecule has 1 heterocycles. The first-order valence-electron chi connectivity index (χ1n) is 7.51. The minimum Gasteiger partial charge on any atom is -0.444 e. The van der Waals surface area contributed by atoms with Gasteiger partial charge in [0, 0.05) is 6.54 Å². The number of ether oxygens (including phenoxy) is 1. The molecule has 19 heavy (non-hydrogen) atoms. The standard InChI is InChI=1S/C15H27NO3/c1-15(2,3)19-14(18)16-9-12-7-5-4-6-11(12)8-13(16)10-17/h11-13,17H,4-10H2,1-3H3. The Bertz CT molecular complexity index is 324. The van der Waals surface area contributed by atoms with E-state index in [1.807, 2.05) is 20.8 Å². The Labute approximate surface area is 116 Å². The highest BCUT2D eigenvalue weighted by Crippen LogP contribution is 2.38. The van der Waals surface area contributed by atoms with Gasteiger partial charge in [0.25, 0.3) is 0 Å². The number of fused-ring (bicyclic) bond motifs is 1. The summed E-state index contributed by atoms with van der Waals surface area (Å²) in [6.45, 7) is 6.44. The van der Waals surface area contributed by atoms with E-state index in [0.29, 0.717) is 11.8 Å². The Morgan fingerprint density at radius 1 is 1.26 bits per heavy atom. The molecule has 1 saturated carbocycles. The van der Waals surface area contributed by atoms with Crippen molar-refractivity contribution in [2.24, 2.45) is 11.8 Å². The first kappa shape index (κ1) is 14.6. The van der Waals surface area contributed by atoms with Crippen LogP contribution in [0.15, 0.2) is 0 Å². The fourth-order valence-corrected chi connectivity index (χ4v) is 3.43. The molecule has 0 aromatic heterocycles. The molecule has 2 rings (SSSR count). The summed E-state index contributed by atoms with van der Waals surface area (Å²) < 4.78 is 5.46. The van der Waals surface area contributed by atoms with Crippen LogP contribution in [0.3, 0.4) is 0 Å². The molecular formula is C15H27NO3. The minimum atomic E-state index is -0.472. The molecule has 0 bridgehead atoms. The summed E-state index contributed by atoms with van der Waals surface area (Å²) in [6.07, 6.45) is 5.70. The van der Waals surface area contributed by atoms with E-state index in [4.69, 9.17) is 4.74 Å². The molecule has 2 aliphatic rings. The number of nitrogens with zero attached hydrogens (tertiary/aromatic N) is 1. The predicted octanol–water partition coefficient (Wildman–Crippen LogP) is 2.79. The highest BCUT2D eigenvalue weighted by molar-refractivity contribution is 5.68. The third kappa shape index (κ3) is 3.62. The van der Waals surface area contributed by atoms with Crippen molar-refractivity contribution in [2.45, 2.75) is 64.5 Å². The Kier molecular flexibility index (Phi) is 4.39. The molecule has 3 atom stereocenters. The fourth-order valence-electron chi connectivity index (χ4n) is 3.43. The van der Waals surface area contributed by atoms with Gasteiger partial charge in [-0.2, -0.15) is 0 Å². The predicted molar refractivity (Wildman–Crippen MR) is 73.9 cm³/mol. The van der Waals surface area contributed by atoms with Crippen LogP contribution in [0.2, 0.25) is 0 Å². The van der Waals surface area contributed by atoms with Crippen LogP contribution in [0.1, 0.15) is 52.9 Å². The SMILES string of the molecule is CC(C)(C)OC(=O)N1CC2CCCCC2CC1CO. The van der Waals surface area contributed by atoms with E-state index in [2.05, 4.69) is 0 Å². The maximum absolute atomic E-state index is 12.3. The van der Waals surface area contributed by atoms with Gasteiger partial charge in [-0.3, -0.25) is 0 Å². The lowest BCUT2D eigenvalue weighted by Crippen LogP contribution is -2.53. The number of carbonyl (C=O) groups is 1. The number of amides is 1. The summed E-state index contributed by atoms with van der Waals surface area (Å²) in [5, 5.41) is 9.55. The lowest BCUT2D eigenvalue weighted by molar-refractivity contribution is -0.0238. The van der Waals surface area contributed by atoms with Crippen molar-refractivity contribution in [3.63, 3.8) is 0 Å². The van der Waals surface area contributed by atoms with E-state index in [1.54, 1.807) is 4.90 Å². The van der Waals surface area contributed by atoms with Crippen LogP contribution in [-0.4, -0.2) is 40.9 Å². The number of hydrogen-bond acceptors (Lipinski definition) is 3. The van der Waals surface area contributed by atoms with Crippen LogP contribution < -0.4 is 0 Å². The van der Waals surface area contributed by atoms with Crippen LogP contribution in [0.25, 0.3) is 0 Å². The Hall–Kier alpha value is -0.770. The van der Waals surface area contributed by atoms with Gasteiger partial charge in [-0.15, -0.1) is 0 Å². The number of piperidine rings is 1. The topological polar surface area (TPSA) is 49.8 Å². The third-order valence-electron chi connectivity index (χ3n) is 4.35. The largest absolute Gasteiger partial charge is 0.444 e. The number of hydrogen-bond donors (Lipinski definition) is 1. The van der Waals surface area contributed by atoms with Crippen molar-refractivity contribution < 1.29 is 14.6 Å². The van der Waals surface area contributed by atoms with Crippen molar-refractivity contribution in [1.29, 1.82) is 0 Å². The molecule has 1 amide bonds. The van der Waals surface area contributed by atoms with Gasteiger partial charge in [0.05, 0.1) is 12.6 Å². The molecule has 0 spiro atoms. The molecule has 110 valence electrons. The second-order valence-corrected chi connectivity index (χ2v) is 7.01. The van der Waals surface area contributed by atoms with Gasteiger partial charge in [0.1, 0.15) is 5.60 Å². The normalized spacial score (nSPS) is 31.8. The quantitative estimate of drug-likeness (QED) is 0.796. The Balaban J connectivity index is 2.03. The third-order valence-corrected chi connectivity index (χ3v) is 4.35. The minimum absolute atomic E-state index is 0.0441. The van der Waals surface area contributed by atoms with E-state index < -0.39 is 5.60 Å². The summed E-state index contributed by atoms with van der Waals surface area (Å²) in [7, 11) is 0. The van der Waals surface area contributed by atoms with Gasteiger partial charge >= 0.3 is 6.09 Å². The second kappa shape index (κ2) is 5.70. The second-order valence-electron chi connectivity index (χ2n) is 7.01. The molecule has 1 aliphatic carbocycles. The highest BCUT2D eigenvalue weighted by Gasteiger charge is 2.39. The molecule has 4 nitrogen and oxygen atoms in total. The van der Waals surface area contributed by atoms with Crippen LogP contribution in [0, 0.1) is 11.8 Å². The lowest BCUT2D eigenvalue weighted by Gasteiger charge is -2.45.